The van der Waals surface area contributed by atoms with Crippen LogP contribution in [-0.2, 0) is 6.54 Å². The van der Waals surface area contributed by atoms with Gasteiger partial charge < -0.3 is 5.32 Å². The molecular formula is C11H12ClFN2S. The number of hydrogen-bond donors (Lipinski definition) is 1. The first-order valence-corrected chi connectivity index (χ1v) is 6.39. The fourth-order valence-electron chi connectivity index (χ4n) is 1.39. The average Bonchev–Trinajstić information content (AvgIpc) is 2.66. The lowest BCUT2D eigenvalue weighted by molar-refractivity contribution is 0.627. The van der Waals surface area contributed by atoms with E-state index in [-0.39, 0.29) is 10.8 Å². The smallest absolute Gasteiger partial charge is 0.157 e. The summed E-state index contributed by atoms with van der Waals surface area (Å²) in [6.07, 6.45) is 0. The number of amidine groups is 1. The van der Waals surface area contributed by atoms with E-state index < -0.39 is 0 Å². The number of nitrogens with one attached hydrogen (secondary N) is 1. The lowest BCUT2D eigenvalue weighted by Gasteiger charge is -2.02. The molecule has 0 radical (unpaired) electrons. The molecule has 1 fully saturated rings. The van der Waals surface area contributed by atoms with Gasteiger partial charge in [0, 0.05) is 11.8 Å². The second-order valence-corrected chi connectivity index (χ2v) is 5.14. The van der Waals surface area contributed by atoms with Crippen molar-refractivity contribution in [2.24, 2.45) is 4.99 Å². The van der Waals surface area contributed by atoms with E-state index in [1.807, 2.05) is 0 Å². The molecule has 1 aromatic carbocycles. The highest BCUT2D eigenvalue weighted by Gasteiger charge is 2.14. The third-order valence-corrected chi connectivity index (χ3v) is 3.71. The Balaban J connectivity index is 2.02. The van der Waals surface area contributed by atoms with Crippen LogP contribution in [0.1, 0.15) is 12.5 Å². The van der Waals surface area contributed by atoms with Gasteiger partial charge in [0.25, 0.3) is 0 Å². The van der Waals surface area contributed by atoms with Gasteiger partial charge in [-0.2, -0.15) is 0 Å². The first-order valence-electron chi connectivity index (χ1n) is 5.03. The lowest BCUT2D eigenvalue weighted by atomic mass is 10.2. The van der Waals surface area contributed by atoms with Crippen LogP contribution in [-0.4, -0.2) is 17.0 Å². The van der Waals surface area contributed by atoms with Crippen molar-refractivity contribution in [2.45, 2.75) is 19.5 Å². The van der Waals surface area contributed by atoms with E-state index in [0.29, 0.717) is 12.6 Å². The van der Waals surface area contributed by atoms with Crippen molar-refractivity contribution in [1.29, 1.82) is 0 Å². The van der Waals surface area contributed by atoms with Gasteiger partial charge in [0.05, 0.1) is 11.6 Å². The van der Waals surface area contributed by atoms with Gasteiger partial charge in [-0.15, -0.1) is 0 Å². The van der Waals surface area contributed by atoms with E-state index in [1.165, 1.54) is 6.07 Å². The highest BCUT2D eigenvalue weighted by Crippen LogP contribution is 2.18. The van der Waals surface area contributed by atoms with Crippen LogP contribution in [0.15, 0.2) is 23.2 Å². The Bertz CT molecular complexity index is 422. The molecule has 1 N–H and O–H groups in total. The third kappa shape index (κ3) is 2.89. The van der Waals surface area contributed by atoms with Crippen LogP contribution in [0.3, 0.4) is 0 Å². The largest absolute Gasteiger partial charge is 0.362 e. The normalized spacial score (nSPS) is 22.4. The topological polar surface area (TPSA) is 24.4 Å². The van der Waals surface area contributed by atoms with Gasteiger partial charge in [0.15, 0.2) is 5.17 Å². The van der Waals surface area contributed by atoms with Crippen molar-refractivity contribution < 1.29 is 4.39 Å². The molecule has 1 aliphatic heterocycles. The Labute approximate surface area is 103 Å². The molecule has 1 heterocycles. The maximum absolute atomic E-state index is 12.9. The van der Waals surface area contributed by atoms with Crippen molar-refractivity contribution in [2.75, 3.05) is 5.75 Å². The molecule has 0 amide bonds. The standard InChI is InChI=1S/C11H12ClFN2S/c1-7-6-16-11(15-7)14-5-8-2-3-10(13)9(12)4-8/h2-4,7H,5-6H2,1H3,(H,14,15). The SMILES string of the molecule is CC1CSC(=NCc2ccc(F)c(Cl)c2)N1. The first-order chi connectivity index (χ1) is 7.65. The summed E-state index contributed by atoms with van der Waals surface area (Å²) in [7, 11) is 0. The fraction of sp³-hybridized carbons (Fsp3) is 0.364. The highest BCUT2D eigenvalue weighted by molar-refractivity contribution is 8.14. The van der Waals surface area contributed by atoms with E-state index in [4.69, 9.17) is 11.6 Å². The van der Waals surface area contributed by atoms with Crippen LogP contribution in [0.25, 0.3) is 0 Å². The Kier molecular flexibility index (Phi) is 3.71. The monoisotopic (exact) mass is 258 g/mol. The minimum absolute atomic E-state index is 0.151. The molecule has 86 valence electrons. The van der Waals surface area contributed by atoms with Crippen molar-refractivity contribution in [3.63, 3.8) is 0 Å². The van der Waals surface area contributed by atoms with E-state index in [2.05, 4.69) is 17.2 Å². The maximum atomic E-state index is 12.9. The summed E-state index contributed by atoms with van der Waals surface area (Å²) < 4.78 is 12.9. The van der Waals surface area contributed by atoms with Crippen LogP contribution in [0.4, 0.5) is 4.39 Å². The molecule has 1 unspecified atom stereocenters. The number of hydrogen-bond acceptors (Lipinski definition) is 2. The predicted molar refractivity (Wildman–Crippen MR) is 67.6 cm³/mol. The molecule has 0 aromatic heterocycles. The fourth-order valence-corrected chi connectivity index (χ4v) is 2.53. The van der Waals surface area contributed by atoms with Gasteiger partial charge >= 0.3 is 0 Å². The minimum Gasteiger partial charge on any atom is -0.362 e. The number of aliphatic imine (C=N–C) groups is 1. The second-order valence-electron chi connectivity index (χ2n) is 3.73. The second kappa shape index (κ2) is 5.06. The molecule has 0 bridgehead atoms. The van der Waals surface area contributed by atoms with Gasteiger partial charge in [0.2, 0.25) is 0 Å². The van der Waals surface area contributed by atoms with Crippen LogP contribution in [0, 0.1) is 5.82 Å². The lowest BCUT2D eigenvalue weighted by Crippen LogP contribution is -2.23. The molecular weight excluding hydrogens is 247 g/mol. The van der Waals surface area contributed by atoms with E-state index in [1.54, 1.807) is 23.9 Å². The number of nitrogens with zero attached hydrogens (tertiary/aromatic N) is 1. The zero-order valence-corrected chi connectivity index (χ0v) is 10.4. The Morgan fingerprint density at radius 3 is 3.06 bits per heavy atom. The zero-order chi connectivity index (χ0) is 11.5. The molecule has 1 atom stereocenters. The number of rotatable bonds is 2. The third-order valence-electron chi connectivity index (χ3n) is 2.23. The molecule has 0 spiro atoms. The van der Waals surface area contributed by atoms with Crippen molar-refractivity contribution in [3.05, 3.63) is 34.6 Å². The van der Waals surface area contributed by atoms with Crippen LogP contribution in [0.5, 0.6) is 0 Å². The average molecular weight is 259 g/mol. The molecule has 1 saturated heterocycles. The van der Waals surface area contributed by atoms with Crippen LogP contribution in [0.2, 0.25) is 5.02 Å². The summed E-state index contributed by atoms with van der Waals surface area (Å²) in [6.45, 7) is 2.65. The van der Waals surface area contributed by atoms with Gasteiger partial charge in [-0.05, 0) is 24.6 Å². The van der Waals surface area contributed by atoms with Crippen molar-refractivity contribution in [3.8, 4) is 0 Å². The van der Waals surface area contributed by atoms with E-state index in [0.717, 1.165) is 16.5 Å². The summed E-state index contributed by atoms with van der Waals surface area (Å²) in [5.41, 5.74) is 0.917. The molecule has 1 aliphatic rings. The van der Waals surface area contributed by atoms with Gasteiger partial charge in [0.1, 0.15) is 5.82 Å². The van der Waals surface area contributed by atoms with Gasteiger partial charge in [-0.3, -0.25) is 4.99 Å². The Morgan fingerprint density at radius 1 is 1.62 bits per heavy atom. The summed E-state index contributed by atoms with van der Waals surface area (Å²) >= 11 is 7.40. The Morgan fingerprint density at radius 2 is 2.44 bits per heavy atom. The zero-order valence-electron chi connectivity index (χ0n) is 8.84. The molecule has 0 aliphatic carbocycles. The van der Waals surface area contributed by atoms with Crippen molar-refractivity contribution >= 4 is 28.5 Å². The molecule has 0 saturated carbocycles. The van der Waals surface area contributed by atoms with Crippen LogP contribution >= 0.6 is 23.4 Å². The molecule has 16 heavy (non-hydrogen) atoms. The predicted octanol–water partition coefficient (Wildman–Crippen LogP) is 3.06. The number of benzene rings is 1. The summed E-state index contributed by atoms with van der Waals surface area (Å²) in [6, 6.07) is 5.16. The maximum Gasteiger partial charge on any atom is 0.157 e. The van der Waals surface area contributed by atoms with Gasteiger partial charge in [-0.25, -0.2) is 4.39 Å². The van der Waals surface area contributed by atoms with Crippen molar-refractivity contribution in [1.82, 2.24) is 5.32 Å². The minimum atomic E-state index is -0.389. The Hall–Kier alpha value is -0.740. The summed E-state index contributed by atoms with van der Waals surface area (Å²) in [4.78, 5) is 4.40. The highest BCUT2D eigenvalue weighted by atomic mass is 35.5. The van der Waals surface area contributed by atoms with Crippen LogP contribution < -0.4 is 5.32 Å². The molecule has 2 nitrogen and oxygen atoms in total. The van der Waals surface area contributed by atoms with Gasteiger partial charge in [-0.1, -0.05) is 29.4 Å². The molecule has 2 rings (SSSR count). The quantitative estimate of drug-likeness (QED) is 0.882. The summed E-state index contributed by atoms with van der Waals surface area (Å²) in [5.74, 6) is 0.656. The molecule has 1 aromatic rings. The molecule has 5 heteroatoms. The summed E-state index contributed by atoms with van der Waals surface area (Å²) in [5, 5.41) is 4.36. The number of thioether (sulfide) groups is 1. The first kappa shape index (κ1) is 11.7. The number of halogens is 2. The van der Waals surface area contributed by atoms with E-state index in [9.17, 15) is 4.39 Å². The van der Waals surface area contributed by atoms with E-state index >= 15 is 0 Å².